The van der Waals surface area contributed by atoms with Crippen molar-refractivity contribution in [2.24, 2.45) is 0 Å². The number of rotatable bonds is 8. The first-order valence-corrected chi connectivity index (χ1v) is 11.2. The van der Waals surface area contributed by atoms with E-state index in [0.717, 1.165) is 5.56 Å². The van der Waals surface area contributed by atoms with Crippen molar-refractivity contribution >= 4 is 27.6 Å². The summed E-state index contributed by atoms with van der Waals surface area (Å²) in [6, 6.07) is 11.6. The lowest BCUT2D eigenvalue weighted by Crippen LogP contribution is -2.31. The van der Waals surface area contributed by atoms with E-state index < -0.39 is 28.0 Å². The van der Waals surface area contributed by atoms with Crippen molar-refractivity contribution in [3.05, 3.63) is 59.2 Å². The number of sulfonamides is 1. The highest BCUT2D eigenvalue weighted by Crippen LogP contribution is 2.21. The molecule has 1 unspecified atom stereocenters. The molecule has 0 aromatic heterocycles. The van der Waals surface area contributed by atoms with Crippen molar-refractivity contribution < 1.29 is 22.7 Å². The molecule has 0 saturated heterocycles. The molecule has 7 nitrogen and oxygen atoms in total. The van der Waals surface area contributed by atoms with Gasteiger partial charge >= 0.3 is 5.97 Å². The molecule has 0 aliphatic rings. The van der Waals surface area contributed by atoms with Gasteiger partial charge in [-0.2, -0.15) is 4.31 Å². The second-order valence-electron chi connectivity index (χ2n) is 6.92. The van der Waals surface area contributed by atoms with Gasteiger partial charge in [-0.1, -0.05) is 38.1 Å². The Morgan fingerprint density at radius 2 is 1.67 bits per heavy atom. The number of benzene rings is 2. The SMILES string of the molecule is CCN(CC)S(=O)(=O)c1ccc(C)c(C(=O)OC(C)C(=O)Nc2ccccc2C)c1. The first-order valence-electron chi connectivity index (χ1n) is 9.80. The van der Waals surface area contributed by atoms with Gasteiger partial charge < -0.3 is 10.1 Å². The van der Waals surface area contributed by atoms with Gasteiger partial charge in [0.05, 0.1) is 10.5 Å². The molecule has 0 radical (unpaired) electrons. The maximum absolute atomic E-state index is 12.8. The van der Waals surface area contributed by atoms with Crippen LogP contribution in [0.5, 0.6) is 0 Å². The van der Waals surface area contributed by atoms with Gasteiger partial charge in [0.25, 0.3) is 5.91 Å². The molecule has 162 valence electrons. The fourth-order valence-corrected chi connectivity index (χ4v) is 4.40. The monoisotopic (exact) mass is 432 g/mol. The van der Waals surface area contributed by atoms with E-state index in [1.54, 1.807) is 39.0 Å². The number of carbonyl (C=O) groups excluding carboxylic acids is 2. The highest BCUT2D eigenvalue weighted by atomic mass is 32.2. The summed E-state index contributed by atoms with van der Waals surface area (Å²) >= 11 is 0. The quantitative estimate of drug-likeness (QED) is 0.645. The van der Waals surface area contributed by atoms with Crippen LogP contribution in [0.25, 0.3) is 0 Å². The van der Waals surface area contributed by atoms with Crippen molar-refractivity contribution in [1.82, 2.24) is 4.31 Å². The predicted molar refractivity (Wildman–Crippen MR) is 116 cm³/mol. The zero-order valence-corrected chi connectivity index (χ0v) is 18.7. The predicted octanol–water partition coefficient (Wildman–Crippen LogP) is 3.52. The van der Waals surface area contributed by atoms with Gasteiger partial charge in [-0.25, -0.2) is 13.2 Å². The lowest BCUT2D eigenvalue weighted by molar-refractivity contribution is -0.123. The van der Waals surface area contributed by atoms with Crippen LogP contribution in [-0.4, -0.2) is 43.8 Å². The standard InChI is InChI=1S/C22H28N2O5S/c1-6-24(7-2)30(27,28)18-13-12-15(3)19(14-18)22(26)29-17(5)21(25)23-20-11-9-8-10-16(20)4/h8-14,17H,6-7H2,1-5H3,(H,23,25). The Labute approximate surface area is 178 Å². The summed E-state index contributed by atoms with van der Waals surface area (Å²) in [6.07, 6.45) is -1.06. The third-order valence-electron chi connectivity index (χ3n) is 4.83. The molecule has 8 heteroatoms. The Morgan fingerprint density at radius 3 is 2.27 bits per heavy atom. The molecule has 1 atom stereocenters. The maximum Gasteiger partial charge on any atom is 0.339 e. The van der Waals surface area contributed by atoms with E-state index in [2.05, 4.69) is 5.32 Å². The Hall–Kier alpha value is -2.71. The Morgan fingerprint density at radius 1 is 1.03 bits per heavy atom. The highest BCUT2D eigenvalue weighted by molar-refractivity contribution is 7.89. The molecule has 30 heavy (non-hydrogen) atoms. The second kappa shape index (κ2) is 9.86. The number of esters is 1. The van der Waals surface area contributed by atoms with Crippen molar-refractivity contribution in [3.8, 4) is 0 Å². The maximum atomic E-state index is 12.8. The van der Waals surface area contributed by atoms with E-state index in [1.165, 1.54) is 23.4 Å². The average Bonchev–Trinajstić information content (AvgIpc) is 2.70. The number of nitrogens with zero attached hydrogens (tertiary/aromatic N) is 1. The summed E-state index contributed by atoms with van der Waals surface area (Å²) in [4.78, 5) is 25.1. The van der Waals surface area contributed by atoms with Crippen molar-refractivity contribution in [1.29, 1.82) is 0 Å². The lowest BCUT2D eigenvalue weighted by atomic mass is 10.1. The number of nitrogens with one attached hydrogen (secondary N) is 1. The minimum absolute atomic E-state index is 0.0146. The summed E-state index contributed by atoms with van der Waals surface area (Å²) in [6.45, 7) is 9.15. The summed E-state index contributed by atoms with van der Waals surface area (Å²) in [7, 11) is -3.72. The van der Waals surface area contributed by atoms with E-state index >= 15 is 0 Å². The van der Waals surface area contributed by atoms with Crippen LogP contribution in [0, 0.1) is 13.8 Å². The Kier molecular flexibility index (Phi) is 7.75. The molecule has 0 saturated carbocycles. The second-order valence-corrected chi connectivity index (χ2v) is 8.86. The van der Waals surface area contributed by atoms with Crippen molar-refractivity contribution in [2.75, 3.05) is 18.4 Å². The molecule has 2 rings (SSSR count). The fourth-order valence-electron chi connectivity index (χ4n) is 2.92. The third-order valence-corrected chi connectivity index (χ3v) is 6.87. The van der Waals surface area contributed by atoms with Crippen LogP contribution in [-0.2, 0) is 19.6 Å². The van der Waals surface area contributed by atoms with Gasteiger partial charge in [0.1, 0.15) is 0 Å². The van der Waals surface area contributed by atoms with Crippen LogP contribution in [0.3, 0.4) is 0 Å². The smallest absolute Gasteiger partial charge is 0.339 e. The molecular formula is C22H28N2O5S. The van der Waals surface area contributed by atoms with E-state index in [1.807, 2.05) is 19.1 Å². The molecule has 1 N–H and O–H groups in total. The normalized spacial score (nSPS) is 12.5. The van der Waals surface area contributed by atoms with Crippen LogP contribution in [0.4, 0.5) is 5.69 Å². The summed E-state index contributed by atoms with van der Waals surface area (Å²) in [5.41, 5.74) is 2.19. The van der Waals surface area contributed by atoms with Crippen LogP contribution < -0.4 is 5.32 Å². The molecule has 2 aromatic carbocycles. The zero-order chi connectivity index (χ0) is 22.5. The number of carbonyl (C=O) groups is 2. The number of aryl methyl sites for hydroxylation is 2. The zero-order valence-electron chi connectivity index (χ0n) is 17.9. The summed E-state index contributed by atoms with van der Waals surface area (Å²) in [5.74, 6) is -1.22. The summed E-state index contributed by atoms with van der Waals surface area (Å²) in [5, 5.41) is 2.73. The average molecular weight is 433 g/mol. The van der Waals surface area contributed by atoms with Gasteiger partial charge in [0.15, 0.2) is 6.10 Å². The van der Waals surface area contributed by atoms with Crippen molar-refractivity contribution in [2.45, 2.75) is 45.6 Å². The molecule has 0 heterocycles. The molecule has 2 aromatic rings. The third kappa shape index (κ3) is 5.25. The minimum Gasteiger partial charge on any atom is -0.449 e. The van der Waals surface area contributed by atoms with Crippen LogP contribution in [0.15, 0.2) is 47.4 Å². The highest BCUT2D eigenvalue weighted by Gasteiger charge is 2.25. The van der Waals surface area contributed by atoms with E-state index in [9.17, 15) is 18.0 Å². The number of hydrogen-bond donors (Lipinski definition) is 1. The number of hydrogen-bond acceptors (Lipinski definition) is 5. The van der Waals surface area contributed by atoms with Gasteiger partial charge in [0, 0.05) is 18.8 Å². The largest absolute Gasteiger partial charge is 0.449 e. The van der Waals surface area contributed by atoms with E-state index in [0.29, 0.717) is 24.3 Å². The lowest BCUT2D eigenvalue weighted by Gasteiger charge is -2.19. The Balaban J connectivity index is 2.20. The topological polar surface area (TPSA) is 92.8 Å². The molecule has 0 aliphatic heterocycles. The number of anilines is 1. The molecule has 0 spiro atoms. The van der Waals surface area contributed by atoms with Gasteiger partial charge in [-0.15, -0.1) is 0 Å². The molecule has 0 aliphatic carbocycles. The number of ether oxygens (including phenoxy) is 1. The minimum atomic E-state index is -3.72. The van der Waals surface area contributed by atoms with Gasteiger partial charge in [-0.05, 0) is 50.1 Å². The molecule has 0 bridgehead atoms. The van der Waals surface area contributed by atoms with Crippen LogP contribution in [0.2, 0.25) is 0 Å². The Bertz CT molecular complexity index is 1030. The molecular weight excluding hydrogens is 404 g/mol. The van der Waals surface area contributed by atoms with Gasteiger partial charge in [0.2, 0.25) is 10.0 Å². The molecule has 0 fully saturated rings. The fraction of sp³-hybridized carbons (Fsp3) is 0.364. The van der Waals surface area contributed by atoms with Crippen LogP contribution >= 0.6 is 0 Å². The number of para-hydroxylation sites is 1. The first-order chi connectivity index (χ1) is 14.1. The first kappa shape index (κ1) is 23.6. The van der Waals surface area contributed by atoms with Crippen LogP contribution in [0.1, 0.15) is 42.3 Å². The molecule has 1 amide bonds. The van der Waals surface area contributed by atoms with Crippen molar-refractivity contribution in [3.63, 3.8) is 0 Å². The van der Waals surface area contributed by atoms with E-state index in [-0.39, 0.29) is 10.5 Å². The van der Waals surface area contributed by atoms with Gasteiger partial charge in [-0.3, -0.25) is 4.79 Å². The summed E-state index contributed by atoms with van der Waals surface area (Å²) < 4.78 is 32.1. The number of amides is 1. The van der Waals surface area contributed by atoms with E-state index in [4.69, 9.17) is 4.74 Å².